The molecule has 7 nitrogen and oxygen atoms in total. The van der Waals surface area contributed by atoms with Gasteiger partial charge in [-0.1, -0.05) is 49.6 Å². The van der Waals surface area contributed by atoms with Crippen LogP contribution in [-0.4, -0.2) is 24.9 Å². The fraction of sp³-hybridized carbons (Fsp3) is 0.375. The van der Waals surface area contributed by atoms with E-state index in [1.165, 1.54) is 11.8 Å². The third-order valence-corrected chi connectivity index (χ3v) is 6.15. The molecule has 3 rings (SSSR count). The van der Waals surface area contributed by atoms with Crippen LogP contribution in [0.5, 0.6) is 0 Å². The molecule has 1 aliphatic carbocycles. The Balaban J connectivity index is 1.64. The number of hydrogen-bond donors (Lipinski definition) is 3. The number of sulfonamides is 1. The SMILES string of the molecule is O=C(NNS(=O)(=O)c1csnc1-c1ccccc1)NC1CCCCC1. The van der Waals surface area contributed by atoms with E-state index in [2.05, 4.69) is 19.9 Å². The minimum atomic E-state index is -3.91. The Morgan fingerprint density at radius 2 is 1.84 bits per heavy atom. The van der Waals surface area contributed by atoms with Crippen molar-refractivity contribution < 1.29 is 13.2 Å². The van der Waals surface area contributed by atoms with Crippen molar-refractivity contribution in [3.8, 4) is 11.3 Å². The minimum absolute atomic E-state index is 0.0432. The second kappa shape index (κ2) is 7.94. The zero-order valence-electron chi connectivity index (χ0n) is 13.6. The highest BCUT2D eigenvalue weighted by molar-refractivity contribution is 7.89. The largest absolute Gasteiger partial charge is 0.334 e. The second-order valence-electron chi connectivity index (χ2n) is 5.93. The van der Waals surface area contributed by atoms with E-state index in [9.17, 15) is 13.2 Å². The number of amides is 2. The average molecular weight is 380 g/mol. The summed E-state index contributed by atoms with van der Waals surface area (Å²) in [5, 5.41) is 4.24. The summed E-state index contributed by atoms with van der Waals surface area (Å²) < 4.78 is 29.2. The van der Waals surface area contributed by atoms with Crippen LogP contribution in [0.15, 0.2) is 40.6 Å². The molecule has 25 heavy (non-hydrogen) atoms. The molecule has 134 valence electrons. The molecule has 1 saturated carbocycles. The first-order valence-corrected chi connectivity index (χ1v) is 10.5. The summed E-state index contributed by atoms with van der Waals surface area (Å²) in [4.78, 5) is 14.1. The van der Waals surface area contributed by atoms with E-state index in [1.54, 1.807) is 12.1 Å². The van der Waals surface area contributed by atoms with Gasteiger partial charge in [0, 0.05) is 17.0 Å². The van der Waals surface area contributed by atoms with Gasteiger partial charge in [-0.05, 0) is 24.4 Å². The van der Waals surface area contributed by atoms with Crippen LogP contribution < -0.4 is 15.6 Å². The maximum absolute atomic E-state index is 12.5. The standard InChI is InChI=1S/C16H20N4O3S2/c21-16(17-13-9-5-2-6-10-13)18-20-25(22,23)14-11-24-19-15(14)12-7-3-1-4-8-12/h1,3-4,7-8,11,13,20H,2,5-6,9-10H2,(H2,17,18,21). The Kier molecular flexibility index (Phi) is 5.67. The van der Waals surface area contributed by atoms with Gasteiger partial charge in [-0.2, -0.15) is 4.37 Å². The quantitative estimate of drug-likeness (QED) is 0.694. The molecule has 1 aromatic heterocycles. The zero-order chi connectivity index (χ0) is 17.7. The first kappa shape index (κ1) is 17.8. The molecule has 1 aliphatic rings. The molecule has 3 N–H and O–H groups in total. The van der Waals surface area contributed by atoms with Crippen LogP contribution in [-0.2, 0) is 10.0 Å². The molecule has 1 fully saturated rings. The van der Waals surface area contributed by atoms with Gasteiger partial charge in [-0.15, -0.1) is 4.83 Å². The molecule has 2 amide bonds. The molecule has 0 atom stereocenters. The summed E-state index contributed by atoms with van der Waals surface area (Å²) >= 11 is 1.05. The first-order chi connectivity index (χ1) is 12.1. The molecule has 0 radical (unpaired) electrons. The molecule has 9 heteroatoms. The lowest BCUT2D eigenvalue weighted by Crippen LogP contribution is -2.50. The van der Waals surface area contributed by atoms with Crippen LogP contribution in [0.25, 0.3) is 11.3 Å². The van der Waals surface area contributed by atoms with Gasteiger partial charge in [-0.3, -0.25) is 5.43 Å². The second-order valence-corrected chi connectivity index (χ2v) is 8.21. The van der Waals surface area contributed by atoms with Crippen molar-refractivity contribution in [3.05, 3.63) is 35.7 Å². The molecule has 1 heterocycles. The van der Waals surface area contributed by atoms with Gasteiger partial charge in [0.1, 0.15) is 10.6 Å². The minimum Gasteiger partial charge on any atom is -0.334 e. The number of urea groups is 1. The fourth-order valence-electron chi connectivity index (χ4n) is 2.85. The Morgan fingerprint density at radius 3 is 2.56 bits per heavy atom. The highest BCUT2D eigenvalue weighted by Gasteiger charge is 2.23. The lowest BCUT2D eigenvalue weighted by atomic mass is 9.96. The maximum Gasteiger partial charge on any atom is 0.330 e. The Bertz CT molecular complexity index is 815. The third-order valence-electron chi connectivity index (χ3n) is 4.11. The third kappa shape index (κ3) is 4.56. The summed E-state index contributed by atoms with van der Waals surface area (Å²) in [5.74, 6) is 0. The van der Waals surface area contributed by atoms with E-state index in [0.29, 0.717) is 11.3 Å². The van der Waals surface area contributed by atoms with Crippen molar-refractivity contribution in [2.75, 3.05) is 0 Å². The summed E-state index contributed by atoms with van der Waals surface area (Å²) in [6.45, 7) is 0. The van der Waals surface area contributed by atoms with Crippen LogP contribution >= 0.6 is 11.5 Å². The van der Waals surface area contributed by atoms with Crippen molar-refractivity contribution >= 4 is 27.6 Å². The van der Waals surface area contributed by atoms with E-state index in [0.717, 1.165) is 37.2 Å². The number of benzene rings is 1. The highest BCUT2D eigenvalue weighted by Crippen LogP contribution is 2.27. The van der Waals surface area contributed by atoms with E-state index >= 15 is 0 Å². The number of hydrazine groups is 1. The van der Waals surface area contributed by atoms with Gasteiger partial charge in [0.05, 0.1) is 0 Å². The molecule has 0 unspecified atom stereocenters. The molecular weight excluding hydrogens is 360 g/mol. The topological polar surface area (TPSA) is 100 Å². The fourth-order valence-corrected chi connectivity index (χ4v) is 4.86. The van der Waals surface area contributed by atoms with Crippen LogP contribution in [0.4, 0.5) is 4.79 Å². The Labute approximate surface area is 151 Å². The lowest BCUT2D eigenvalue weighted by molar-refractivity contribution is 0.231. The van der Waals surface area contributed by atoms with Crippen molar-refractivity contribution in [3.63, 3.8) is 0 Å². The van der Waals surface area contributed by atoms with E-state index in [1.807, 2.05) is 18.2 Å². The van der Waals surface area contributed by atoms with Crippen LogP contribution in [0.3, 0.4) is 0 Å². The number of hydrogen-bond acceptors (Lipinski definition) is 5. The summed E-state index contributed by atoms with van der Waals surface area (Å²) in [5.41, 5.74) is 3.30. The maximum atomic E-state index is 12.5. The van der Waals surface area contributed by atoms with Crippen molar-refractivity contribution in [2.45, 2.75) is 43.0 Å². The Hall–Kier alpha value is -1.97. The van der Waals surface area contributed by atoms with Crippen molar-refractivity contribution in [1.29, 1.82) is 0 Å². The molecule has 0 aliphatic heterocycles. The molecule has 0 bridgehead atoms. The number of nitrogens with one attached hydrogen (secondary N) is 3. The zero-order valence-corrected chi connectivity index (χ0v) is 15.2. The smallest absolute Gasteiger partial charge is 0.330 e. The predicted octanol–water partition coefficient (Wildman–Crippen LogP) is 2.64. The Morgan fingerprint density at radius 1 is 1.12 bits per heavy atom. The lowest BCUT2D eigenvalue weighted by Gasteiger charge is -2.22. The number of nitrogens with zero attached hydrogens (tertiary/aromatic N) is 1. The number of carbonyl (C=O) groups excluding carboxylic acids is 1. The monoisotopic (exact) mass is 380 g/mol. The van der Waals surface area contributed by atoms with E-state index < -0.39 is 16.1 Å². The van der Waals surface area contributed by atoms with Crippen LogP contribution in [0.1, 0.15) is 32.1 Å². The van der Waals surface area contributed by atoms with Crippen LogP contribution in [0, 0.1) is 0 Å². The molecule has 0 spiro atoms. The summed E-state index contributed by atoms with van der Waals surface area (Å²) in [6, 6.07) is 8.61. The van der Waals surface area contributed by atoms with Gasteiger partial charge in [0.2, 0.25) is 0 Å². The van der Waals surface area contributed by atoms with Crippen molar-refractivity contribution in [2.24, 2.45) is 0 Å². The van der Waals surface area contributed by atoms with Gasteiger partial charge in [0.25, 0.3) is 10.0 Å². The molecule has 0 saturated heterocycles. The summed E-state index contributed by atoms with van der Waals surface area (Å²) in [7, 11) is -3.91. The summed E-state index contributed by atoms with van der Waals surface area (Å²) in [6.07, 6.45) is 5.19. The van der Waals surface area contributed by atoms with E-state index in [-0.39, 0.29) is 10.9 Å². The normalized spacial score (nSPS) is 15.7. The molecular formula is C16H20N4O3S2. The predicted molar refractivity (Wildman–Crippen MR) is 96.4 cm³/mol. The molecule has 1 aromatic carbocycles. The highest BCUT2D eigenvalue weighted by atomic mass is 32.2. The number of carbonyl (C=O) groups is 1. The number of rotatable bonds is 5. The average Bonchev–Trinajstić information content (AvgIpc) is 3.13. The molecule has 2 aromatic rings. The van der Waals surface area contributed by atoms with Gasteiger partial charge < -0.3 is 5.32 Å². The van der Waals surface area contributed by atoms with Crippen molar-refractivity contribution in [1.82, 2.24) is 19.9 Å². The van der Waals surface area contributed by atoms with Gasteiger partial charge in [-0.25, -0.2) is 13.2 Å². The first-order valence-electron chi connectivity index (χ1n) is 8.14. The van der Waals surface area contributed by atoms with E-state index in [4.69, 9.17) is 0 Å². The van der Waals surface area contributed by atoms with Gasteiger partial charge in [0.15, 0.2) is 0 Å². The van der Waals surface area contributed by atoms with Gasteiger partial charge >= 0.3 is 6.03 Å². The van der Waals surface area contributed by atoms with Crippen LogP contribution in [0.2, 0.25) is 0 Å². The number of aromatic nitrogens is 1.